The van der Waals surface area contributed by atoms with Crippen molar-refractivity contribution in [1.29, 1.82) is 0 Å². The second-order valence-corrected chi connectivity index (χ2v) is 6.88. The molecule has 0 bridgehead atoms. The molecule has 5 heteroatoms. The third-order valence-electron chi connectivity index (χ3n) is 4.64. The van der Waals surface area contributed by atoms with Gasteiger partial charge in [-0.3, -0.25) is 0 Å². The van der Waals surface area contributed by atoms with Crippen molar-refractivity contribution in [3.05, 3.63) is 95.0 Å². The zero-order chi connectivity index (χ0) is 20.2. The molecule has 0 amide bonds. The topological polar surface area (TPSA) is 48.4 Å². The fourth-order valence-electron chi connectivity index (χ4n) is 3.09. The summed E-state index contributed by atoms with van der Waals surface area (Å²) in [6.45, 7) is 0.104. The molecule has 4 rings (SSSR count). The average molecular weight is 404 g/mol. The Balaban J connectivity index is 1.70. The largest absolute Gasteiger partial charge is 0.497 e. The van der Waals surface area contributed by atoms with Crippen LogP contribution in [0, 0.1) is 0 Å². The molecule has 0 radical (unpaired) electrons. The monoisotopic (exact) mass is 403 g/mol. The number of esters is 1. The number of carbonyl (C=O) groups is 1. The number of hydrogen-bond acceptors (Lipinski definition) is 4. The predicted molar refractivity (Wildman–Crippen MR) is 114 cm³/mol. The number of aromatic nitrogens is 1. The van der Waals surface area contributed by atoms with Crippen LogP contribution in [0.5, 0.6) is 5.75 Å². The molecular weight excluding hydrogens is 386 g/mol. The van der Waals surface area contributed by atoms with Gasteiger partial charge in [0.25, 0.3) is 0 Å². The smallest absolute Gasteiger partial charge is 0.339 e. The molecule has 0 saturated carbocycles. The lowest BCUT2D eigenvalue weighted by Crippen LogP contribution is -2.07. The van der Waals surface area contributed by atoms with Crippen LogP contribution in [0.15, 0.2) is 78.9 Å². The van der Waals surface area contributed by atoms with Crippen LogP contribution in [-0.2, 0) is 11.3 Å². The highest BCUT2D eigenvalue weighted by Crippen LogP contribution is 2.27. The molecule has 0 atom stereocenters. The van der Waals surface area contributed by atoms with Gasteiger partial charge in [0.1, 0.15) is 12.4 Å². The van der Waals surface area contributed by atoms with Gasteiger partial charge in [0.2, 0.25) is 0 Å². The molecule has 0 N–H and O–H groups in total. The normalized spacial score (nSPS) is 10.7. The Morgan fingerprint density at radius 1 is 0.966 bits per heavy atom. The zero-order valence-electron chi connectivity index (χ0n) is 15.8. The Bertz CT molecular complexity index is 1170. The molecule has 0 aliphatic carbocycles. The first-order valence-electron chi connectivity index (χ1n) is 9.10. The van der Waals surface area contributed by atoms with E-state index in [0.29, 0.717) is 16.3 Å². The Morgan fingerprint density at radius 3 is 2.45 bits per heavy atom. The SMILES string of the molecule is COc1ccc(-c2cc(C(=O)OCc3ccccc3Cl)c3ccccc3n2)cc1. The highest BCUT2D eigenvalue weighted by molar-refractivity contribution is 6.31. The van der Waals surface area contributed by atoms with Crippen LogP contribution in [0.4, 0.5) is 0 Å². The van der Waals surface area contributed by atoms with Gasteiger partial charge in [-0.1, -0.05) is 48.0 Å². The molecule has 3 aromatic carbocycles. The number of carbonyl (C=O) groups excluding carboxylic acids is 1. The average Bonchev–Trinajstić information content (AvgIpc) is 2.77. The maximum atomic E-state index is 12.9. The van der Waals surface area contributed by atoms with E-state index in [1.807, 2.05) is 66.7 Å². The Morgan fingerprint density at radius 2 is 1.69 bits per heavy atom. The molecule has 0 fully saturated rings. The molecule has 4 nitrogen and oxygen atoms in total. The summed E-state index contributed by atoms with van der Waals surface area (Å²) in [5, 5.41) is 1.31. The van der Waals surface area contributed by atoms with E-state index >= 15 is 0 Å². The number of ether oxygens (including phenoxy) is 2. The number of halogens is 1. The number of methoxy groups -OCH3 is 1. The van der Waals surface area contributed by atoms with Crippen molar-refractivity contribution in [3.8, 4) is 17.0 Å². The summed E-state index contributed by atoms with van der Waals surface area (Å²) in [6, 6.07) is 24.1. The summed E-state index contributed by atoms with van der Waals surface area (Å²) >= 11 is 6.17. The van der Waals surface area contributed by atoms with E-state index < -0.39 is 5.97 Å². The van der Waals surface area contributed by atoms with E-state index in [4.69, 9.17) is 26.1 Å². The maximum absolute atomic E-state index is 12.9. The van der Waals surface area contributed by atoms with Crippen LogP contribution in [0.1, 0.15) is 15.9 Å². The van der Waals surface area contributed by atoms with Gasteiger partial charge in [0.05, 0.1) is 23.9 Å². The first-order chi connectivity index (χ1) is 14.2. The van der Waals surface area contributed by atoms with Gasteiger partial charge in [0, 0.05) is 21.5 Å². The highest BCUT2D eigenvalue weighted by Gasteiger charge is 2.16. The number of fused-ring (bicyclic) bond motifs is 1. The van der Waals surface area contributed by atoms with Crippen molar-refractivity contribution in [2.75, 3.05) is 7.11 Å². The molecule has 29 heavy (non-hydrogen) atoms. The Labute approximate surface area is 173 Å². The van der Waals surface area contributed by atoms with Gasteiger partial charge < -0.3 is 9.47 Å². The minimum atomic E-state index is -0.418. The lowest BCUT2D eigenvalue weighted by atomic mass is 10.0. The Hall–Kier alpha value is -3.37. The second-order valence-electron chi connectivity index (χ2n) is 6.47. The molecule has 1 aromatic heterocycles. The summed E-state index contributed by atoms with van der Waals surface area (Å²) < 4.78 is 10.8. The van der Waals surface area contributed by atoms with Gasteiger partial charge >= 0.3 is 5.97 Å². The highest BCUT2D eigenvalue weighted by atomic mass is 35.5. The molecule has 0 unspecified atom stereocenters. The van der Waals surface area contributed by atoms with E-state index in [2.05, 4.69) is 0 Å². The zero-order valence-corrected chi connectivity index (χ0v) is 16.5. The van der Waals surface area contributed by atoms with E-state index in [1.54, 1.807) is 19.2 Å². The standard InChI is InChI=1S/C24H18ClNO3/c1-28-18-12-10-16(11-13-18)23-14-20(19-7-3-5-9-22(19)26-23)24(27)29-15-17-6-2-4-8-21(17)25/h2-14H,15H2,1H3. The third kappa shape index (κ3) is 4.08. The number of nitrogens with zero attached hydrogens (tertiary/aromatic N) is 1. The van der Waals surface area contributed by atoms with E-state index in [1.165, 1.54) is 0 Å². The van der Waals surface area contributed by atoms with Gasteiger partial charge in [-0.05, 0) is 42.5 Å². The van der Waals surface area contributed by atoms with E-state index in [0.717, 1.165) is 27.8 Å². The minimum absolute atomic E-state index is 0.104. The van der Waals surface area contributed by atoms with Gasteiger partial charge in [-0.15, -0.1) is 0 Å². The predicted octanol–water partition coefficient (Wildman–Crippen LogP) is 5.92. The second kappa shape index (κ2) is 8.33. The molecule has 1 heterocycles. The molecule has 144 valence electrons. The van der Waals surface area contributed by atoms with Gasteiger partial charge in [0.15, 0.2) is 0 Å². The number of pyridine rings is 1. The van der Waals surface area contributed by atoms with E-state index in [9.17, 15) is 4.79 Å². The molecule has 0 aliphatic rings. The quantitative estimate of drug-likeness (QED) is 0.388. The van der Waals surface area contributed by atoms with Crippen molar-refractivity contribution in [1.82, 2.24) is 4.98 Å². The van der Waals surface area contributed by atoms with E-state index in [-0.39, 0.29) is 6.61 Å². The number of rotatable bonds is 5. The molecule has 4 aromatic rings. The first-order valence-corrected chi connectivity index (χ1v) is 9.48. The van der Waals surface area contributed by atoms with Crippen LogP contribution in [0.25, 0.3) is 22.2 Å². The van der Waals surface area contributed by atoms with Gasteiger partial charge in [-0.25, -0.2) is 9.78 Å². The summed E-state index contributed by atoms with van der Waals surface area (Å²) in [6.07, 6.45) is 0. The van der Waals surface area contributed by atoms with Crippen LogP contribution < -0.4 is 4.74 Å². The van der Waals surface area contributed by atoms with Crippen molar-refractivity contribution in [2.45, 2.75) is 6.61 Å². The molecule has 0 spiro atoms. The molecule has 0 saturated heterocycles. The van der Waals surface area contributed by atoms with Crippen LogP contribution >= 0.6 is 11.6 Å². The number of para-hydroxylation sites is 1. The summed E-state index contributed by atoms with van der Waals surface area (Å²) in [7, 11) is 1.62. The minimum Gasteiger partial charge on any atom is -0.497 e. The van der Waals surface area contributed by atoms with Crippen molar-refractivity contribution >= 4 is 28.5 Å². The Kier molecular flexibility index (Phi) is 5.45. The van der Waals surface area contributed by atoms with Crippen LogP contribution in [-0.4, -0.2) is 18.1 Å². The van der Waals surface area contributed by atoms with Gasteiger partial charge in [-0.2, -0.15) is 0 Å². The molecule has 0 aliphatic heterocycles. The summed E-state index contributed by atoms with van der Waals surface area (Å²) in [4.78, 5) is 17.6. The fourth-order valence-corrected chi connectivity index (χ4v) is 3.28. The lowest BCUT2D eigenvalue weighted by molar-refractivity contribution is 0.0475. The third-order valence-corrected chi connectivity index (χ3v) is 5.01. The van der Waals surface area contributed by atoms with Crippen molar-refractivity contribution in [2.24, 2.45) is 0 Å². The van der Waals surface area contributed by atoms with Crippen molar-refractivity contribution < 1.29 is 14.3 Å². The van der Waals surface area contributed by atoms with Crippen LogP contribution in [0.2, 0.25) is 5.02 Å². The summed E-state index contributed by atoms with van der Waals surface area (Å²) in [5.74, 6) is 0.340. The fraction of sp³-hybridized carbons (Fsp3) is 0.0833. The van der Waals surface area contributed by atoms with Crippen molar-refractivity contribution in [3.63, 3.8) is 0 Å². The number of hydrogen-bond donors (Lipinski definition) is 0. The summed E-state index contributed by atoms with van der Waals surface area (Å²) in [5.41, 5.74) is 3.53. The molecular formula is C24H18ClNO3. The lowest BCUT2D eigenvalue weighted by Gasteiger charge is -2.11. The number of benzene rings is 3. The van der Waals surface area contributed by atoms with Crippen LogP contribution in [0.3, 0.4) is 0 Å². The first kappa shape index (κ1) is 19.0. The maximum Gasteiger partial charge on any atom is 0.339 e.